The molecule has 2 aliphatic rings. The first kappa shape index (κ1) is 12.5. The Kier molecular flexibility index (Phi) is 2.96. The van der Waals surface area contributed by atoms with Crippen LogP contribution in [0, 0.1) is 0 Å². The lowest BCUT2D eigenvalue weighted by Crippen LogP contribution is -2.43. The number of rotatable bonds is 2. The Hall–Kier alpha value is -2.21. The van der Waals surface area contributed by atoms with E-state index < -0.39 is 0 Å². The molecule has 2 aliphatic heterocycles. The van der Waals surface area contributed by atoms with Crippen molar-refractivity contribution in [2.24, 2.45) is 0 Å². The summed E-state index contributed by atoms with van der Waals surface area (Å²) in [7, 11) is 0. The molecule has 21 heavy (non-hydrogen) atoms. The van der Waals surface area contributed by atoms with Crippen LogP contribution in [0.15, 0.2) is 30.3 Å². The molecule has 0 saturated carbocycles. The standard InChI is InChI=1S/C15H16N4O2/c20-15-12(6-9-21-15)18-7-8-19-13(10-18)16-17-14(19)11-4-2-1-3-5-11/h1-5,12H,6-10H2. The molecule has 0 amide bonds. The number of carbonyl (C=O) groups is 1. The summed E-state index contributed by atoms with van der Waals surface area (Å²) >= 11 is 0. The van der Waals surface area contributed by atoms with Gasteiger partial charge in [-0.15, -0.1) is 10.2 Å². The van der Waals surface area contributed by atoms with Crippen LogP contribution >= 0.6 is 0 Å². The van der Waals surface area contributed by atoms with Gasteiger partial charge in [0.2, 0.25) is 0 Å². The number of esters is 1. The maximum Gasteiger partial charge on any atom is 0.323 e. The van der Waals surface area contributed by atoms with Crippen molar-refractivity contribution >= 4 is 5.97 Å². The fourth-order valence-corrected chi connectivity index (χ4v) is 3.06. The van der Waals surface area contributed by atoms with Gasteiger partial charge >= 0.3 is 5.97 Å². The molecule has 0 N–H and O–H groups in total. The molecule has 6 nitrogen and oxygen atoms in total. The van der Waals surface area contributed by atoms with Crippen molar-refractivity contribution in [3.8, 4) is 11.4 Å². The molecule has 0 bridgehead atoms. The van der Waals surface area contributed by atoms with Crippen LogP contribution in [0.3, 0.4) is 0 Å². The SMILES string of the molecule is O=C1OCCC1N1CCn2c(nnc2-c2ccccc2)C1. The summed E-state index contributed by atoms with van der Waals surface area (Å²) in [5.41, 5.74) is 1.07. The maximum absolute atomic E-state index is 11.7. The highest BCUT2D eigenvalue weighted by Crippen LogP contribution is 2.24. The number of fused-ring (bicyclic) bond motifs is 1. The lowest BCUT2D eigenvalue weighted by Gasteiger charge is -2.30. The molecule has 0 aliphatic carbocycles. The zero-order valence-electron chi connectivity index (χ0n) is 11.6. The Morgan fingerprint density at radius 1 is 1.14 bits per heavy atom. The van der Waals surface area contributed by atoms with Crippen molar-refractivity contribution in [3.63, 3.8) is 0 Å². The fraction of sp³-hybridized carbons (Fsp3) is 0.400. The summed E-state index contributed by atoms with van der Waals surface area (Å²) in [6, 6.07) is 9.96. The van der Waals surface area contributed by atoms with Gasteiger partial charge < -0.3 is 9.30 Å². The second-order valence-corrected chi connectivity index (χ2v) is 5.40. The number of benzene rings is 1. The Bertz CT molecular complexity index is 668. The van der Waals surface area contributed by atoms with Crippen LogP contribution in [0.25, 0.3) is 11.4 Å². The second kappa shape index (κ2) is 4.96. The van der Waals surface area contributed by atoms with E-state index in [-0.39, 0.29) is 12.0 Å². The largest absolute Gasteiger partial charge is 0.464 e. The van der Waals surface area contributed by atoms with Crippen molar-refractivity contribution in [3.05, 3.63) is 36.2 Å². The molecule has 1 saturated heterocycles. The Balaban J connectivity index is 1.60. The topological polar surface area (TPSA) is 60.2 Å². The molecular formula is C15H16N4O2. The average Bonchev–Trinajstić information content (AvgIpc) is 3.13. The predicted molar refractivity (Wildman–Crippen MR) is 75.2 cm³/mol. The van der Waals surface area contributed by atoms with E-state index in [1.807, 2.05) is 30.3 Å². The van der Waals surface area contributed by atoms with E-state index >= 15 is 0 Å². The summed E-state index contributed by atoms with van der Waals surface area (Å²) in [6.45, 7) is 2.81. The van der Waals surface area contributed by atoms with Gasteiger partial charge in [-0.3, -0.25) is 9.69 Å². The van der Waals surface area contributed by atoms with Gasteiger partial charge in [0.05, 0.1) is 13.2 Å². The van der Waals surface area contributed by atoms with Crippen molar-refractivity contribution < 1.29 is 9.53 Å². The zero-order valence-corrected chi connectivity index (χ0v) is 11.6. The molecule has 1 aromatic carbocycles. The van der Waals surface area contributed by atoms with Gasteiger partial charge in [0.1, 0.15) is 11.9 Å². The van der Waals surface area contributed by atoms with Crippen molar-refractivity contribution in [2.45, 2.75) is 25.6 Å². The van der Waals surface area contributed by atoms with Crippen LogP contribution < -0.4 is 0 Å². The van der Waals surface area contributed by atoms with Gasteiger partial charge in [0.15, 0.2) is 5.82 Å². The molecule has 108 valence electrons. The van der Waals surface area contributed by atoms with Crippen LogP contribution in [0.4, 0.5) is 0 Å². The van der Waals surface area contributed by atoms with Gasteiger partial charge in [-0.25, -0.2) is 0 Å². The van der Waals surface area contributed by atoms with Crippen LogP contribution in [-0.4, -0.2) is 44.8 Å². The summed E-state index contributed by atoms with van der Waals surface area (Å²) in [6.07, 6.45) is 0.776. The summed E-state index contributed by atoms with van der Waals surface area (Å²) < 4.78 is 7.20. The molecule has 1 atom stereocenters. The minimum absolute atomic E-state index is 0.105. The fourth-order valence-electron chi connectivity index (χ4n) is 3.06. The lowest BCUT2D eigenvalue weighted by molar-refractivity contribution is -0.142. The Morgan fingerprint density at radius 2 is 2.00 bits per heavy atom. The number of nitrogens with zero attached hydrogens (tertiary/aromatic N) is 4. The number of carbonyl (C=O) groups excluding carboxylic acids is 1. The van der Waals surface area contributed by atoms with Gasteiger partial charge in [-0.05, 0) is 0 Å². The molecule has 1 fully saturated rings. The first-order valence-corrected chi connectivity index (χ1v) is 7.21. The molecule has 1 aromatic heterocycles. The Labute approximate surface area is 122 Å². The molecule has 3 heterocycles. The van der Waals surface area contributed by atoms with E-state index in [9.17, 15) is 4.79 Å². The zero-order chi connectivity index (χ0) is 14.2. The first-order valence-electron chi connectivity index (χ1n) is 7.21. The van der Waals surface area contributed by atoms with E-state index in [4.69, 9.17) is 4.74 Å². The highest BCUT2D eigenvalue weighted by molar-refractivity contribution is 5.77. The highest BCUT2D eigenvalue weighted by atomic mass is 16.5. The molecule has 0 radical (unpaired) electrons. The van der Waals surface area contributed by atoms with E-state index in [2.05, 4.69) is 19.7 Å². The average molecular weight is 284 g/mol. The number of ether oxygens (including phenoxy) is 1. The van der Waals surface area contributed by atoms with Gasteiger partial charge in [-0.2, -0.15) is 0 Å². The summed E-state index contributed by atoms with van der Waals surface area (Å²) in [5, 5.41) is 8.62. The third-order valence-corrected chi connectivity index (χ3v) is 4.16. The van der Waals surface area contributed by atoms with Crippen LogP contribution in [-0.2, 0) is 22.6 Å². The van der Waals surface area contributed by atoms with Gasteiger partial charge in [0, 0.05) is 25.1 Å². The number of hydrogen-bond donors (Lipinski definition) is 0. The number of hydrogen-bond acceptors (Lipinski definition) is 5. The van der Waals surface area contributed by atoms with Crippen LogP contribution in [0.5, 0.6) is 0 Å². The quantitative estimate of drug-likeness (QED) is 0.772. The second-order valence-electron chi connectivity index (χ2n) is 5.40. The van der Waals surface area contributed by atoms with E-state index in [1.54, 1.807) is 0 Å². The molecule has 0 spiro atoms. The highest BCUT2D eigenvalue weighted by Gasteiger charge is 2.35. The van der Waals surface area contributed by atoms with Crippen LogP contribution in [0.1, 0.15) is 12.2 Å². The monoisotopic (exact) mass is 284 g/mol. The summed E-state index contributed by atoms with van der Waals surface area (Å²) in [5.74, 6) is 1.71. The first-order chi connectivity index (χ1) is 10.3. The predicted octanol–water partition coefficient (Wildman–Crippen LogP) is 1.08. The minimum Gasteiger partial charge on any atom is -0.464 e. The molecular weight excluding hydrogens is 268 g/mol. The smallest absolute Gasteiger partial charge is 0.323 e. The van der Waals surface area contributed by atoms with Gasteiger partial charge in [-0.1, -0.05) is 30.3 Å². The molecule has 1 unspecified atom stereocenters. The molecule has 2 aromatic rings. The number of cyclic esters (lactones) is 1. The number of aromatic nitrogens is 3. The minimum atomic E-state index is -0.115. The Morgan fingerprint density at radius 3 is 2.76 bits per heavy atom. The van der Waals surface area contributed by atoms with Crippen LogP contribution in [0.2, 0.25) is 0 Å². The van der Waals surface area contributed by atoms with E-state index in [0.29, 0.717) is 13.2 Å². The third kappa shape index (κ3) is 2.12. The van der Waals surface area contributed by atoms with Crippen molar-refractivity contribution in [2.75, 3.05) is 13.2 Å². The summed E-state index contributed by atoms with van der Waals surface area (Å²) in [4.78, 5) is 13.9. The lowest BCUT2D eigenvalue weighted by atomic mass is 10.1. The van der Waals surface area contributed by atoms with E-state index in [1.165, 1.54) is 0 Å². The van der Waals surface area contributed by atoms with Crippen molar-refractivity contribution in [1.29, 1.82) is 0 Å². The third-order valence-electron chi connectivity index (χ3n) is 4.16. The van der Waals surface area contributed by atoms with E-state index in [0.717, 1.165) is 36.7 Å². The molecule has 4 rings (SSSR count). The normalized spacial score (nSPS) is 22.1. The maximum atomic E-state index is 11.7. The molecule has 6 heteroatoms. The van der Waals surface area contributed by atoms with Gasteiger partial charge in [0.25, 0.3) is 0 Å². The van der Waals surface area contributed by atoms with Crippen molar-refractivity contribution in [1.82, 2.24) is 19.7 Å².